The van der Waals surface area contributed by atoms with Gasteiger partial charge in [-0.3, -0.25) is 0 Å². The van der Waals surface area contributed by atoms with Crippen molar-refractivity contribution in [1.82, 2.24) is 14.3 Å². The predicted octanol–water partition coefficient (Wildman–Crippen LogP) is 3.06. The smallest absolute Gasteiger partial charge is 0.237 e. The van der Waals surface area contributed by atoms with Crippen LogP contribution < -0.4 is 4.90 Å². The molecule has 18 heavy (non-hydrogen) atoms. The Morgan fingerprint density at radius 1 is 1.28 bits per heavy atom. The van der Waals surface area contributed by atoms with Gasteiger partial charge in [0.15, 0.2) is 0 Å². The van der Waals surface area contributed by atoms with E-state index in [4.69, 9.17) is 0 Å². The third-order valence-electron chi connectivity index (χ3n) is 2.88. The number of hydrogen-bond acceptors (Lipinski definition) is 4. The fourth-order valence-corrected chi connectivity index (χ4v) is 2.68. The molecule has 0 bridgehead atoms. The van der Waals surface area contributed by atoms with Gasteiger partial charge < -0.3 is 9.88 Å². The van der Waals surface area contributed by atoms with Crippen molar-refractivity contribution in [2.45, 2.75) is 6.92 Å². The van der Waals surface area contributed by atoms with Gasteiger partial charge in [-0.25, -0.2) is 0 Å². The summed E-state index contributed by atoms with van der Waals surface area (Å²) in [5, 5.41) is 2.16. The number of H-pyrrole nitrogens is 1. The first-order valence-corrected chi connectivity index (χ1v) is 6.51. The van der Waals surface area contributed by atoms with Crippen molar-refractivity contribution in [2.24, 2.45) is 0 Å². The maximum atomic E-state index is 4.55. The monoisotopic (exact) mass is 258 g/mol. The van der Waals surface area contributed by atoms with Gasteiger partial charge in [-0.15, -0.1) is 0 Å². The molecule has 1 aromatic carbocycles. The van der Waals surface area contributed by atoms with E-state index in [1.807, 2.05) is 25.2 Å². The average Bonchev–Trinajstić information content (AvgIpc) is 2.93. The first kappa shape index (κ1) is 11.2. The lowest BCUT2D eigenvalue weighted by molar-refractivity contribution is 1.05. The fraction of sp³-hybridized carbons (Fsp3) is 0.231. The van der Waals surface area contributed by atoms with E-state index >= 15 is 0 Å². The van der Waals surface area contributed by atoms with E-state index in [0.29, 0.717) is 0 Å². The van der Waals surface area contributed by atoms with Gasteiger partial charge in [-0.1, -0.05) is 11.6 Å². The van der Waals surface area contributed by atoms with E-state index in [1.54, 1.807) is 0 Å². The Labute approximate surface area is 109 Å². The molecule has 0 aliphatic rings. The van der Waals surface area contributed by atoms with Gasteiger partial charge in [0, 0.05) is 36.8 Å². The zero-order valence-electron chi connectivity index (χ0n) is 10.6. The molecule has 0 radical (unpaired) electrons. The Kier molecular flexibility index (Phi) is 2.56. The molecule has 3 aromatic rings. The first-order valence-electron chi connectivity index (χ1n) is 5.74. The van der Waals surface area contributed by atoms with Crippen LogP contribution in [0.2, 0.25) is 0 Å². The predicted molar refractivity (Wildman–Crippen MR) is 76.3 cm³/mol. The molecular formula is C13H14N4S. The normalized spacial score (nSPS) is 11.1. The molecule has 0 saturated carbocycles. The SMILES string of the molecule is Cc1ccc2[nH]cc(-c3nc(N(C)C)ns3)c2c1. The highest BCUT2D eigenvalue weighted by Crippen LogP contribution is 2.31. The van der Waals surface area contributed by atoms with Gasteiger partial charge in [0.25, 0.3) is 0 Å². The van der Waals surface area contributed by atoms with Crippen LogP contribution >= 0.6 is 11.5 Å². The maximum Gasteiger partial charge on any atom is 0.237 e. The van der Waals surface area contributed by atoms with E-state index in [2.05, 4.69) is 39.5 Å². The molecule has 2 aromatic heterocycles. The standard InChI is InChI=1S/C13H14N4S/c1-8-4-5-11-9(6-8)10(7-14-11)12-15-13(16-18-12)17(2)3/h4-7,14H,1-3H3. The van der Waals surface area contributed by atoms with Crippen molar-refractivity contribution in [1.29, 1.82) is 0 Å². The number of benzene rings is 1. The van der Waals surface area contributed by atoms with E-state index in [0.717, 1.165) is 22.0 Å². The first-order chi connectivity index (χ1) is 8.65. The number of anilines is 1. The van der Waals surface area contributed by atoms with E-state index in [1.165, 1.54) is 22.5 Å². The summed E-state index contributed by atoms with van der Waals surface area (Å²) in [5.41, 5.74) is 3.51. The molecule has 0 unspecified atom stereocenters. The molecule has 1 N–H and O–H groups in total. The second-order valence-electron chi connectivity index (χ2n) is 4.55. The van der Waals surface area contributed by atoms with E-state index < -0.39 is 0 Å². The number of nitrogens with zero attached hydrogens (tertiary/aromatic N) is 3. The molecule has 92 valence electrons. The van der Waals surface area contributed by atoms with Crippen LogP contribution in [0, 0.1) is 6.92 Å². The third-order valence-corrected chi connectivity index (χ3v) is 3.62. The van der Waals surface area contributed by atoms with E-state index in [9.17, 15) is 0 Å². The molecule has 0 saturated heterocycles. The number of aryl methyl sites for hydroxylation is 1. The van der Waals surface area contributed by atoms with Gasteiger partial charge >= 0.3 is 0 Å². The van der Waals surface area contributed by atoms with Crippen LogP contribution in [-0.2, 0) is 0 Å². The molecule has 0 amide bonds. The molecule has 3 rings (SSSR count). The summed E-state index contributed by atoms with van der Waals surface area (Å²) in [6.07, 6.45) is 2.00. The summed E-state index contributed by atoms with van der Waals surface area (Å²) < 4.78 is 4.34. The van der Waals surface area contributed by atoms with Crippen molar-refractivity contribution >= 4 is 28.4 Å². The van der Waals surface area contributed by atoms with Gasteiger partial charge in [0.05, 0.1) is 0 Å². The average molecular weight is 258 g/mol. The minimum atomic E-state index is 0.761. The molecule has 0 atom stereocenters. The molecule has 5 heteroatoms. The number of hydrogen-bond donors (Lipinski definition) is 1. The van der Waals surface area contributed by atoms with Crippen molar-refractivity contribution in [3.63, 3.8) is 0 Å². The van der Waals surface area contributed by atoms with Crippen molar-refractivity contribution in [3.8, 4) is 10.6 Å². The van der Waals surface area contributed by atoms with Crippen molar-refractivity contribution in [2.75, 3.05) is 19.0 Å². The van der Waals surface area contributed by atoms with Gasteiger partial charge in [0.2, 0.25) is 5.95 Å². The Bertz CT molecular complexity index is 696. The van der Waals surface area contributed by atoms with Crippen LogP contribution in [0.15, 0.2) is 24.4 Å². The highest BCUT2D eigenvalue weighted by Gasteiger charge is 2.12. The minimum Gasteiger partial charge on any atom is -0.360 e. The Morgan fingerprint density at radius 3 is 2.83 bits per heavy atom. The van der Waals surface area contributed by atoms with Crippen LogP contribution in [0.4, 0.5) is 5.95 Å². The van der Waals surface area contributed by atoms with Crippen LogP contribution in [0.1, 0.15) is 5.56 Å². The fourth-order valence-electron chi connectivity index (χ4n) is 1.92. The van der Waals surface area contributed by atoms with Gasteiger partial charge in [0.1, 0.15) is 5.01 Å². The van der Waals surface area contributed by atoms with Gasteiger partial charge in [-0.05, 0) is 30.6 Å². The summed E-state index contributed by atoms with van der Waals surface area (Å²) >= 11 is 1.43. The highest BCUT2D eigenvalue weighted by molar-refractivity contribution is 7.09. The number of nitrogens with one attached hydrogen (secondary N) is 1. The molecular weight excluding hydrogens is 244 g/mol. The zero-order chi connectivity index (χ0) is 12.7. The third kappa shape index (κ3) is 1.76. The molecule has 4 nitrogen and oxygen atoms in total. The second-order valence-corrected chi connectivity index (χ2v) is 5.30. The lowest BCUT2D eigenvalue weighted by Crippen LogP contribution is -2.09. The van der Waals surface area contributed by atoms with Crippen molar-refractivity contribution < 1.29 is 0 Å². The number of aromatic amines is 1. The Morgan fingerprint density at radius 2 is 2.11 bits per heavy atom. The largest absolute Gasteiger partial charge is 0.360 e. The molecule has 2 heterocycles. The number of fused-ring (bicyclic) bond motifs is 1. The zero-order valence-corrected chi connectivity index (χ0v) is 11.4. The van der Waals surface area contributed by atoms with Crippen molar-refractivity contribution in [3.05, 3.63) is 30.0 Å². The summed E-state index contributed by atoms with van der Waals surface area (Å²) in [7, 11) is 3.90. The molecule has 0 fully saturated rings. The molecule has 0 aliphatic carbocycles. The lowest BCUT2D eigenvalue weighted by Gasteiger charge is -2.03. The summed E-state index contributed by atoms with van der Waals surface area (Å²) in [4.78, 5) is 9.74. The van der Waals surface area contributed by atoms with Crippen LogP contribution in [0.5, 0.6) is 0 Å². The highest BCUT2D eigenvalue weighted by atomic mass is 32.1. The van der Waals surface area contributed by atoms with E-state index in [-0.39, 0.29) is 0 Å². The Hall–Kier alpha value is -1.88. The van der Waals surface area contributed by atoms with Gasteiger partial charge in [-0.2, -0.15) is 9.36 Å². The molecule has 0 spiro atoms. The van der Waals surface area contributed by atoms with Crippen LogP contribution in [-0.4, -0.2) is 28.4 Å². The van der Waals surface area contributed by atoms with Crippen LogP contribution in [0.3, 0.4) is 0 Å². The quantitative estimate of drug-likeness (QED) is 0.768. The minimum absolute atomic E-state index is 0.761. The summed E-state index contributed by atoms with van der Waals surface area (Å²) in [6.45, 7) is 2.10. The summed E-state index contributed by atoms with van der Waals surface area (Å²) in [6, 6.07) is 6.38. The number of aromatic nitrogens is 3. The number of rotatable bonds is 2. The second kappa shape index (κ2) is 4.10. The van der Waals surface area contributed by atoms with Crippen LogP contribution in [0.25, 0.3) is 21.5 Å². The lowest BCUT2D eigenvalue weighted by atomic mass is 10.1. The molecule has 0 aliphatic heterocycles. The maximum absolute atomic E-state index is 4.55. The summed E-state index contributed by atoms with van der Waals surface area (Å²) in [5.74, 6) is 0.761. The Balaban J connectivity index is 2.15. The topological polar surface area (TPSA) is 44.8 Å².